The highest BCUT2D eigenvalue weighted by Crippen LogP contribution is 2.27. The molecular weight excluding hydrogens is 452 g/mol. The van der Waals surface area contributed by atoms with Crippen molar-refractivity contribution in [3.63, 3.8) is 0 Å². The normalized spacial score (nSPS) is 10.8. The van der Waals surface area contributed by atoms with Gasteiger partial charge in [0.15, 0.2) is 0 Å². The number of hydrogen-bond donors (Lipinski definition) is 1. The third-order valence-electron chi connectivity index (χ3n) is 5.14. The van der Waals surface area contributed by atoms with Gasteiger partial charge in [-0.05, 0) is 42.3 Å². The van der Waals surface area contributed by atoms with E-state index in [0.717, 1.165) is 28.1 Å². The van der Waals surface area contributed by atoms with Crippen molar-refractivity contribution in [1.82, 2.24) is 14.8 Å². The number of aromatic nitrogens is 3. The summed E-state index contributed by atoms with van der Waals surface area (Å²) in [5.41, 5.74) is 5.32. The molecule has 0 aliphatic heterocycles. The topological polar surface area (TPSA) is 59.8 Å². The SMILES string of the molecule is Cc1cc(NC(=O)c2ccc(-c3ccccc3)cc2)n(-c2nc(-c3ccc(Cl)cc3)cs2)n1. The van der Waals surface area contributed by atoms with Gasteiger partial charge in [-0.3, -0.25) is 4.79 Å². The maximum atomic E-state index is 12.9. The molecule has 0 saturated heterocycles. The number of amides is 1. The fourth-order valence-electron chi connectivity index (χ4n) is 3.48. The van der Waals surface area contributed by atoms with Crippen LogP contribution in [0.2, 0.25) is 5.02 Å². The van der Waals surface area contributed by atoms with Crippen molar-refractivity contribution < 1.29 is 4.79 Å². The van der Waals surface area contributed by atoms with Crippen LogP contribution in [-0.2, 0) is 0 Å². The van der Waals surface area contributed by atoms with Gasteiger partial charge in [-0.2, -0.15) is 9.78 Å². The first-order valence-corrected chi connectivity index (χ1v) is 11.6. The third kappa shape index (κ3) is 4.58. The molecule has 1 amide bonds. The second kappa shape index (κ2) is 9.02. The van der Waals surface area contributed by atoms with Crippen LogP contribution in [0.1, 0.15) is 16.1 Å². The summed E-state index contributed by atoms with van der Waals surface area (Å²) in [5.74, 6) is 0.367. The molecule has 3 aromatic carbocycles. The Kier molecular flexibility index (Phi) is 5.77. The van der Waals surface area contributed by atoms with Crippen LogP contribution in [0.25, 0.3) is 27.5 Å². The molecule has 7 heteroatoms. The minimum atomic E-state index is -0.203. The molecule has 0 bridgehead atoms. The zero-order valence-corrected chi connectivity index (χ0v) is 19.3. The van der Waals surface area contributed by atoms with E-state index in [-0.39, 0.29) is 5.91 Å². The Bertz CT molecular complexity index is 1410. The highest BCUT2D eigenvalue weighted by Gasteiger charge is 2.15. The van der Waals surface area contributed by atoms with Crippen molar-refractivity contribution in [2.45, 2.75) is 6.92 Å². The van der Waals surface area contributed by atoms with E-state index >= 15 is 0 Å². The van der Waals surface area contributed by atoms with Gasteiger partial charge in [0.25, 0.3) is 5.91 Å². The van der Waals surface area contributed by atoms with Gasteiger partial charge < -0.3 is 5.32 Å². The van der Waals surface area contributed by atoms with E-state index < -0.39 is 0 Å². The number of thiazole rings is 1. The Hall–Kier alpha value is -3.74. The Morgan fingerprint density at radius 1 is 0.909 bits per heavy atom. The zero-order chi connectivity index (χ0) is 22.8. The van der Waals surface area contributed by atoms with Crippen molar-refractivity contribution >= 4 is 34.7 Å². The number of rotatable bonds is 5. The van der Waals surface area contributed by atoms with Gasteiger partial charge in [0.05, 0.1) is 11.4 Å². The smallest absolute Gasteiger partial charge is 0.256 e. The van der Waals surface area contributed by atoms with Crippen LogP contribution in [0.4, 0.5) is 5.82 Å². The van der Waals surface area contributed by atoms with E-state index in [1.807, 2.05) is 97.2 Å². The molecule has 5 rings (SSSR count). The van der Waals surface area contributed by atoms with Crippen LogP contribution in [0.3, 0.4) is 0 Å². The molecule has 5 aromatic rings. The highest BCUT2D eigenvalue weighted by atomic mass is 35.5. The van der Waals surface area contributed by atoms with Crippen LogP contribution in [0.15, 0.2) is 90.3 Å². The van der Waals surface area contributed by atoms with Crippen molar-refractivity contribution in [2.75, 3.05) is 5.32 Å². The average Bonchev–Trinajstić information content (AvgIpc) is 3.47. The second-order valence-electron chi connectivity index (χ2n) is 7.50. The zero-order valence-electron chi connectivity index (χ0n) is 17.7. The largest absolute Gasteiger partial charge is 0.306 e. The number of anilines is 1. The predicted octanol–water partition coefficient (Wildman–Crippen LogP) is 6.88. The lowest BCUT2D eigenvalue weighted by atomic mass is 10.0. The number of nitrogens with one attached hydrogen (secondary N) is 1. The van der Waals surface area contributed by atoms with Gasteiger partial charge in [0.2, 0.25) is 5.13 Å². The Balaban J connectivity index is 1.37. The number of nitrogens with zero attached hydrogens (tertiary/aromatic N) is 3. The highest BCUT2D eigenvalue weighted by molar-refractivity contribution is 7.12. The standard InChI is InChI=1S/C26H19ClN4OS/c1-17-15-24(29-25(32)21-9-7-19(8-10-21)18-5-3-2-4-6-18)31(30-17)26-28-23(16-33-26)20-11-13-22(27)14-12-20/h2-16H,1H3,(H,29,32). The van der Waals surface area contributed by atoms with Crippen molar-refractivity contribution in [3.05, 3.63) is 107 Å². The number of carbonyl (C=O) groups excluding carboxylic acids is 1. The first-order chi connectivity index (χ1) is 16.1. The number of aryl methyl sites for hydroxylation is 1. The molecular formula is C26H19ClN4OS. The molecule has 0 unspecified atom stereocenters. The molecule has 162 valence electrons. The Morgan fingerprint density at radius 3 is 2.30 bits per heavy atom. The van der Waals surface area contributed by atoms with E-state index in [4.69, 9.17) is 16.6 Å². The van der Waals surface area contributed by atoms with E-state index in [0.29, 0.717) is 21.5 Å². The predicted molar refractivity (Wildman–Crippen MR) is 134 cm³/mol. The molecule has 0 aliphatic carbocycles. The van der Waals surface area contributed by atoms with Gasteiger partial charge in [-0.1, -0.05) is 66.2 Å². The van der Waals surface area contributed by atoms with Crippen molar-refractivity contribution in [1.29, 1.82) is 0 Å². The Morgan fingerprint density at radius 2 is 1.58 bits per heavy atom. The van der Waals surface area contributed by atoms with Crippen LogP contribution < -0.4 is 5.32 Å². The minimum Gasteiger partial charge on any atom is -0.306 e. The lowest BCUT2D eigenvalue weighted by Gasteiger charge is -2.08. The first-order valence-electron chi connectivity index (χ1n) is 10.3. The van der Waals surface area contributed by atoms with E-state index in [9.17, 15) is 4.79 Å². The fourth-order valence-corrected chi connectivity index (χ4v) is 4.40. The van der Waals surface area contributed by atoms with E-state index in [1.54, 1.807) is 4.68 Å². The second-order valence-corrected chi connectivity index (χ2v) is 8.78. The van der Waals surface area contributed by atoms with E-state index in [2.05, 4.69) is 10.4 Å². The summed E-state index contributed by atoms with van der Waals surface area (Å²) >= 11 is 7.45. The van der Waals surface area contributed by atoms with Gasteiger partial charge >= 0.3 is 0 Å². The van der Waals surface area contributed by atoms with Gasteiger partial charge in [-0.25, -0.2) is 4.98 Å². The molecule has 2 aromatic heterocycles. The molecule has 0 spiro atoms. The fraction of sp³-hybridized carbons (Fsp3) is 0.0385. The number of carbonyl (C=O) groups is 1. The summed E-state index contributed by atoms with van der Waals surface area (Å²) in [6, 6.07) is 27.0. The summed E-state index contributed by atoms with van der Waals surface area (Å²) in [5, 5.41) is 10.8. The lowest BCUT2D eigenvalue weighted by Crippen LogP contribution is -2.15. The quantitative estimate of drug-likeness (QED) is 0.304. The molecule has 0 saturated carbocycles. The summed E-state index contributed by atoms with van der Waals surface area (Å²) in [6.45, 7) is 1.88. The van der Waals surface area contributed by atoms with Crippen LogP contribution in [0.5, 0.6) is 0 Å². The van der Waals surface area contributed by atoms with Crippen LogP contribution >= 0.6 is 22.9 Å². The molecule has 0 fully saturated rings. The van der Waals surface area contributed by atoms with Crippen LogP contribution in [0, 0.1) is 6.92 Å². The van der Waals surface area contributed by atoms with Crippen LogP contribution in [-0.4, -0.2) is 20.7 Å². The monoisotopic (exact) mass is 470 g/mol. The molecule has 0 radical (unpaired) electrons. The summed E-state index contributed by atoms with van der Waals surface area (Å²) in [7, 11) is 0. The summed E-state index contributed by atoms with van der Waals surface area (Å²) in [6.07, 6.45) is 0. The van der Waals surface area contributed by atoms with Crippen molar-refractivity contribution in [2.24, 2.45) is 0 Å². The molecule has 0 aliphatic rings. The molecule has 1 N–H and O–H groups in total. The van der Waals surface area contributed by atoms with Gasteiger partial charge in [0.1, 0.15) is 5.82 Å². The number of hydrogen-bond acceptors (Lipinski definition) is 4. The minimum absolute atomic E-state index is 0.203. The molecule has 2 heterocycles. The van der Waals surface area contributed by atoms with Gasteiger partial charge in [0, 0.05) is 27.6 Å². The first kappa shape index (κ1) is 21.1. The molecule has 0 atom stereocenters. The maximum Gasteiger partial charge on any atom is 0.256 e. The molecule has 33 heavy (non-hydrogen) atoms. The Labute approximate surface area is 200 Å². The summed E-state index contributed by atoms with van der Waals surface area (Å²) < 4.78 is 1.66. The van der Waals surface area contributed by atoms with Gasteiger partial charge in [-0.15, -0.1) is 11.3 Å². The van der Waals surface area contributed by atoms with E-state index in [1.165, 1.54) is 11.3 Å². The maximum absolute atomic E-state index is 12.9. The number of halogens is 1. The van der Waals surface area contributed by atoms with Crippen molar-refractivity contribution in [3.8, 4) is 27.5 Å². The summed E-state index contributed by atoms with van der Waals surface area (Å²) in [4.78, 5) is 17.6. The number of benzene rings is 3. The average molecular weight is 471 g/mol. The lowest BCUT2D eigenvalue weighted by molar-refractivity contribution is 0.102. The molecule has 5 nitrogen and oxygen atoms in total. The third-order valence-corrected chi connectivity index (χ3v) is 6.21.